The van der Waals surface area contributed by atoms with E-state index in [9.17, 15) is 9.90 Å². The number of thiazole rings is 1. The monoisotopic (exact) mass is 289 g/mol. The number of fused-ring (bicyclic) bond motifs is 1. The van der Waals surface area contributed by atoms with Gasteiger partial charge in [-0.2, -0.15) is 0 Å². The Balaban J connectivity index is 1.79. The molecule has 0 spiro atoms. The van der Waals surface area contributed by atoms with Gasteiger partial charge in [-0.1, -0.05) is 6.07 Å². The second-order valence-corrected chi connectivity index (χ2v) is 5.97. The zero-order valence-corrected chi connectivity index (χ0v) is 11.9. The summed E-state index contributed by atoms with van der Waals surface area (Å²) in [4.78, 5) is 23.1. The van der Waals surface area contributed by atoms with Crippen LogP contribution in [-0.2, 0) is 17.8 Å². The van der Waals surface area contributed by atoms with E-state index in [1.54, 1.807) is 17.5 Å². The number of carboxylic acid groups (broad SMARTS) is 1. The molecule has 0 radical (unpaired) electrons. The summed E-state index contributed by atoms with van der Waals surface area (Å²) in [5.74, 6) is -1.20. The highest BCUT2D eigenvalue weighted by molar-refractivity contribution is 7.15. The van der Waals surface area contributed by atoms with E-state index >= 15 is 0 Å². The van der Waals surface area contributed by atoms with Crippen LogP contribution in [0.3, 0.4) is 0 Å². The Kier molecular flexibility index (Phi) is 3.40. The molecule has 0 amide bonds. The third-order valence-electron chi connectivity index (χ3n) is 3.46. The molecule has 0 saturated carbocycles. The van der Waals surface area contributed by atoms with Gasteiger partial charge in [0.1, 0.15) is 5.92 Å². The van der Waals surface area contributed by atoms with Crippen molar-refractivity contribution in [2.75, 3.05) is 11.9 Å². The zero-order valence-electron chi connectivity index (χ0n) is 11.1. The number of rotatable bonds is 4. The van der Waals surface area contributed by atoms with Crippen molar-refractivity contribution in [3.8, 4) is 0 Å². The second-order valence-electron chi connectivity index (χ2n) is 4.91. The van der Waals surface area contributed by atoms with E-state index in [1.807, 2.05) is 30.1 Å². The molecule has 0 aliphatic heterocycles. The molecule has 0 bridgehead atoms. The maximum absolute atomic E-state index is 11.2. The lowest BCUT2D eigenvalue weighted by molar-refractivity contribution is -0.138. The first-order chi connectivity index (χ1) is 9.65. The van der Waals surface area contributed by atoms with Crippen molar-refractivity contribution in [2.45, 2.75) is 25.3 Å². The minimum atomic E-state index is -0.770. The van der Waals surface area contributed by atoms with Crippen LogP contribution in [0.25, 0.3) is 0 Å². The maximum atomic E-state index is 11.2. The number of aromatic nitrogens is 2. The number of aliphatic carboxylic acids is 1. The molecule has 0 fully saturated rings. The standard InChI is InChI=1S/C14H15N3O2S/c1-17(8-9-4-2-3-7-15-9)14-16-12-10(13(18)19)5-6-11(12)20-14/h2-4,7,10H,5-6,8H2,1H3,(H,18,19). The van der Waals surface area contributed by atoms with Gasteiger partial charge in [-0.05, 0) is 25.0 Å². The second kappa shape index (κ2) is 5.20. The van der Waals surface area contributed by atoms with Gasteiger partial charge in [0.25, 0.3) is 0 Å². The minimum absolute atomic E-state index is 0.432. The summed E-state index contributed by atoms with van der Waals surface area (Å²) < 4.78 is 0. The Labute approximate surface area is 120 Å². The Morgan fingerprint density at radius 2 is 2.40 bits per heavy atom. The fourth-order valence-electron chi connectivity index (χ4n) is 2.42. The van der Waals surface area contributed by atoms with Crippen molar-refractivity contribution in [3.63, 3.8) is 0 Å². The Morgan fingerprint density at radius 1 is 1.55 bits per heavy atom. The van der Waals surface area contributed by atoms with E-state index in [0.29, 0.717) is 13.0 Å². The quantitative estimate of drug-likeness (QED) is 0.935. The first-order valence-electron chi connectivity index (χ1n) is 6.48. The molecule has 3 rings (SSSR count). The average Bonchev–Trinajstić information content (AvgIpc) is 2.98. The average molecular weight is 289 g/mol. The van der Waals surface area contributed by atoms with E-state index < -0.39 is 11.9 Å². The summed E-state index contributed by atoms with van der Waals surface area (Å²) in [6.07, 6.45) is 3.26. The fraction of sp³-hybridized carbons (Fsp3) is 0.357. The number of nitrogens with zero attached hydrogens (tertiary/aromatic N) is 3. The topological polar surface area (TPSA) is 66.3 Å². The minimum Gasteiger partial charge on any atom is -0.481 e. The maximum Gasteiger partial charge on any atom is 0.312 e. The lowest BCUT2D eigenvalue weighted by Gasteiger charge is -2.15. The van der Waals surface area contributed by atoms with E-state index in [-0.39, 0.29) is 0 Å². The molecular formula is C14H15N3O2S. The number of aryl methyl sites for hydroxylation is 1. The smallest absolute Gasteiger partial charge is 0.312 e. The highest BCUT2D eigenvalue weighted by Gasteiger charge is 2.32. The molecule has 1 unspecified atom stereocenters. The molecule has 0 aromatic carbocycles. The molecule has 1 aliphatic carbocycles. The molecule has 5 nitrogen and oxygen atoms in total. The lowest BCUT2D eigenvalue weighted by atomic mass is 10.1. The molecule has 0 saturated heterocycles. The lowest BCUT2D eigenvalue weighted by Crippen LogP contribution is -2.17. The predicted octanol–water partition coefficient (Wildman–Crippen LogP) is 2.29. The number of pyridine rings is 1. The molecule has 20 heavy (non-hydrogen) atoms. The van der Waals surface area contributed by atoms with Crippen LogP contribution in [-0.4, -0.2) is 28.1 Å². The third-order valence-corrected chi connectivity index (χ3v) is 4.70. The zero-order chi connectivity index (χ0) is 14.1. The van der Waals surface area contributed by atoms with Crippen LogP contribution in [0.1, 0.15) is 28.6 Å². The number of carbonyl (C=O) groups is 1. The van der Waals surface area contributed by atoms with E-state index in [4.69, 9.17) is 0 Å². The Morgan fingerprint density at radius 3 is 3.10 bits per heavy atom. The number of carboxylic acids is 1. The molecule has 2 aromatic rings. The summed E-state index contributed by atoms with van der Waals surface area (Å²) >= 11 is 1.59. The van der Waals surface area contributed by atoms with Crippen LogP contribution in [0.2, 0.25) is 0 Å². The molecular weight excluding hydrogens is 274 g/mol. The van der Waals surface area contributed by atoms with Gasteiger partial charge in [0.2, 0.25) is 0 Å². The van der Waals surface area contributed by atoms with Crippen LogP contribution in [0.5, 0.6) is 0 Å². The molecule has 1 N–H and O–H groups in total. The highest BCUT2D eigenvalue weighted by Crippen LogP contribution is 2.39. The summed E-state index contributed by atoms with van der Waals surface area (Å²) in [6.45, 7) is 0.672. The molecule has 2 heterocycles. The SMILES string of the molecule is CN(Cc1ccccn1)c1nc2c(s1)CCC2C(=O)O. The van der Waals surface area contributed by atoms with Crippen molar-refractivity contribution < 1.29 is 9.90 Å². The number of hydrogen-bond acceptors (Lipinski definition) is 5. The summed E-state index contributed by atoms with van der Waals surface area (Å²) in [6, 6.07) is 5.81. The van der Waals surface area contributed by atoms with Gasteiger partial charge in [-0.3, -0.25) is 9.78 Å². The van der Waals surface area contributed by atoms with E-state index in [2.05, 4.69) is 9.97 Å². The van der Waals surface area contributed by atoms with Gasteiger partial charge in [-0.15, -0.1) is 11.3 Å². The van der Waals surface area contributed by atoms with Gasteiger partial charge in [-0.25, -0.2) is 4.98 Å². The van der Waals surface area contributed by atoms with Gasteiger partial charge in [0.15, 0.2) is 5.13 Å². The largest absolute Gasteiger partial charge is 0.481 e. The van der Waals surface area contributed by atoms with Gasteiger partial charge in [0, 0.05) is 18.1 Å². The molecule has 6 heteroatoms. The van der Waals surface area contributed by atoms with Crippen LogP contribution >= 0.6 is 11.3 Å². The van der Waals surface area contributed by atoms with Crippen molar-refractivity contribution in [3.05, 3.63) is 40.7 Å². The first kappa shape index (κ1) is 13.1. The molecule has 1 aliphatic rings. The Hall–Kier alpha value is -1.95. The van der Waals surface area contributed by atoms with E-state index in [1.165, 1.54) is 0 Å². The number of hydrogen-bond donors (Lipinski definition) is 1. The van der Waals surface area contributed by atoms with Crippen LogP contribution < -0.4 is 4.90 Å². The fourth-order valence-corrected chi connectivity index (χ4v) is 3.52. The van der Waals surface area contributed by atoms with Crippen molar-refractivity contribution in [1.29, 1.82) is 0 Å². The third kappa shape index (κ3) is 2.38. The van der Waals surface area contributed by atoms with Gasteiger partial charge in [0.05, 0.1) is 17.9 Å². The van der Waals surface area contributed by atoms with E-state index in [0.717, 1.165) is 27.8 Å². The van der Waals surface area contributed by atoms with Crippen molar-refractivity contribution in [2.24, 2.45) is 0 Å². The number of anilines is 1. The van der Waals surface area contributed by atoms with Gasteiger partial charge >= 0.3 is 5.97 Å². The Bertz CT molecular complexity index is 627. The first-order valence-corrected chi connectivity index (χ1v) is 7.30. The normalized spacial score (nSPS) is 16.9. The molecule has 1 atom stereocenters. The molecule has 104 valence electrons. The summed E-state index contributed by atoms with van der Waals surface area (Å²) in [5, 5.41) is 10.1. The molecule has 2 aromatic heterocycles. The van der Waals surface area contributed by atoms with Gasteiger partial charge < -0.3 is 10.0 Å². The van der Waals surface area contributed by atoms with Crippen molar-refractivity contribution in [1.82, 2.24) is 9.97 Å². The predicted molar refractivity (Wildman–Crippen MR) is 77.2 cm³/mol. The summed E-state index contributed by atoms with van der Waals surface area (Å²) in [5.41, 5.74) is 1.73. The highest BCUT2D eigenvalue weighted by atomic mass is 32.1. The van der Waals surface area contributed by atoms with Crippen LogP contribution in [0, 0.1) is 0 Å². The van der Waals surface area contributed by atoms with Crippen LogP contribution in [0.15, 0.2) is 24.4 Å². The summed E-state index contributed by atoms with van der Waals surface area (Å²) in [7, 11) is 1.96. The van der Waals surface area contributed by atoms with Crippen molar-refractivity contribution >= 4 is 22.4 Å². The van der Waals surface area contributed by atoms with Crippen LogP contribution in [0.4, 0.5) is 5.13 Å².